The Labute approximate surface area is 146 Å². The molecule has 1 saturated heterocycles. The monoisotopic (exact) mass is 348 g/mol. The Morgan fingerprint density at radius 1 is 1.29 bits per heavy atom. The standard InChI is InChI=1S/C17H21ClN4O2/c18-13-5-3-12(4-6-13)15(24)9-19-16-8-17(21-11-20-16)22-7-1-2-14(22)10-23/h3-6,8,11,14-15,23-24H,1-2,7,9-10H2,(H,19,20,21)/t14-,15+/m1/s1. The molecule has 0 bridgehead atoms. The predicted octanol–water partition coefficient (Wildman–Crippen LogP) is 2.24. The van der Waals surface area contributed by atoms with Crippen molar-refractivity contribution < 1.29 is 10.2 Å². The van der Waals surface area contributed by atoms with Gasteiger partial charge in [-0.3, -0.25) is 0 Å². The van der Waals surface area contributed by atoms with Crippen LogP contribution in [0.25, 0.3) is 0 Å². The number of aliphatic hydroxyl groups is 2. The van der Waals surface area contributed by atoms with Crippen molar-refractivity contribution >= 4 is 23.2 Å². The van der Waals surface area contributed by atoms with Crippen LogP contribution < -0.4 is 10.2 Å². The summed E-state index contributed by atoms with van der Waals surface area (Å²) in [5.74, 6) is 1.45. The molecule has 0 aliphatic carbocycles. The van der Waals surface area contributed by atoms with Crippen LogP contribution >= 0.6 is 11.6 Å². The van der Waals surface area contributed by atoms with Crippen molar-refractivity contribution in [1.29, 1.82) is 0 Å². The molecule has 1 aromatic carbocycles. The largest absolute Gasteiger partial charge is 0.394 e. The molecule has 0 saturated carbocycles. The van der Waals surface area contributed by atoms with Crippen LogP contribution in [0.5, 0.6) is 0 Å². The Kier molecular flexibility index (Phi) is 5.50. The number of hydrogen-bond donors (Lipinski definition) is 3. The molecule has 2 atom stereocenters. The number of halogens is 1. The molecule has 1 aromatic heterocycles. The summed E-state index contributed by atoms with van der Waals surface area (Å²) >= 11 is 5.86. The number of rotatable bonds is 6. The molecule has 7 heteroatoms. The van der Waals surface area contributed by atoms with Crippen molar-refractivity contribution in [2.75, 3.05) is 29.9 Å². The maximum Gasteiger partial charge on any atom is 0.134 e. The van der Waals surface area contributed by atoms with Crippen LogP contribution in [0.1, 0.15) is 24.5 Å². The number of benzene rings is 1. The van der Waals surface area contributed by atoms with Gasteiger partial charge in [-0.1, -0.05) is 23.7 Å². The zero-order valence-electron chi connectivity index (χ0n) is 13.3. The Morgan fingerprint density at radius 2 is 2.08 bits per heavy atom. The normalized spacial score (nSPS) is 18.6. The van der Waals surface area contributed by atoms with Gasteiger partial charge in [0.05, 0.1) is 18.8 Å². The van der Waals surface area contributed by atoms with E-state index in [1.165, 1.54) is 6.33 Å². The zero-order valence-corrected chi connectivity index (χ0v) is 14.0. The first-order valence-corrected chi connectivity index (χ1v) is 8.42. The van der Waals surface area contributed by atoms with Gasteiger partial charge in [0.1, 0.15) is 18.0 Å². The van der Waals surface area contributed by atoms with Gasteiger partial charge in [-0.25, -0.2) is 9.97 Å². The molecule has 1 aliphatic rings. The SMILES string of the molecule is OC[C@H]1CCCN1c1cc(NC[C@H](O)c2ccc(Cl)cc2)ncn1. The summed E-state index contributed by atoms with van der Waals surface area (Å²) in [5, 5.41) is 23.5. The predicted molar refractivity (Wildman–Crippen MR) is 94.4 cm³/mol. The van der Waals surface area contributed by atoms with Gasteiger partial charge in [-0.05, 0) is 30.5 Å². The molecule has 0 spiro atoms. The third kappa shape index (κ3) is 3.95. The topological polar surface area (TPSA) is 81.5 Å². The van der Waals surface area contributed by atoms with Gasteiger partial charge in [0.25, 0.3) is 0 Å². The van der Waals surface area contributed by atoms with E-state index in [-0.39, 0.29) is 12.6 Å². The molecule has 6 nitrogen and oxygen atoms in total. The second-order valence-electron chi connectivity index (χ2n) is 5.88. The highest BCUT2D eigenvalue weighted by Crippen LogP contribution is 2.25. The zero-order chi connectivity index (χ0) is 16.9. The van der Waals surface area contributed by atoms with E-state index in [2.05, 4.69) is 20.2 Å². The van der Waals surface area contributed by atoms with Crippen LogP contribution in [0, 0.1) is 0 Å². The van der Waals surface area contributed by atoms with Gasteiger partial charge in [-0.15, -0.1) is 0 Å². The summed E-state index contributed by atoms with van der Waals surface area (Å²) in [6.07, 6.45) is 2.86. The number of hydrogen-bond acceptors (Lipinski definition) is 6. The number of aliphatic hydroxyl groups excluding tert-OH is 2. The van der Waals surface area contributed by atoms with Gasteiger partial charge >= 0.3 is 0 Å². The maximum absolute atomic E-state index is 10.2. The van der Waals surface area contributed by atoms with Gasteiger partial charge in [0.15, 0.2) is 0 Å². The molecule has 0 amide bonds. The number of nitrogens with zero attached hydrogens (tertiary/aromatic N) is 3. The smallest absolute Gasteiger partial charge is 0.134 e. The van der Waals surface area contributed by atoms with E-state index >= 15 is 0 Å². The van der Waals surface area contributed by atoms with E-state index in [1.807, 2.05) is 6.07 Å². The van der Waals surface area contributed by atoms with Crippen LogP contribution in [0.4, 0.5) is 11.6 Å². The van der Waals surface area contributed by atoms with Crippen LogP contribution in [-0.2, 0) is 0 Å². The molecule has 2 heterocycles. The van der Waals surface area contributed by atoms with Crippen LogP contribution in [0.3, 0.4) is 0 Å². The molecule has 3 N–H and O–H groups in total. The fourth-order valence-corrected chi connectivity index (χ4v) is 3.06. The Morgan fingerprint density at radius 3 is 2.83 bits per heavy atom. The van der Waals surface area contributed by atoms with E-state index in [9.17, 15) is 10.2 Å². The minimum atomic E-state index is -0.655. The van der Waals surface area contributed by atoms with Gasteiger partial charge in [-0.2, -0.15) is 0 Å². The van der Waals surface area contributed by atoms with Crippen molar-refractivity contribution in [3.8, 4) is 0 Å². The van der Waals surface area contributed by atoms with Gasteiger partial charge in [0, 0.05) is 24.2 Å². The van der Waals surface area contributed by atoms with Crippen molar-refractivity contribution in [1.82, 2.24) is 9.97 Å². The fraction of sp³-hybridized carbons (Fsp3) is 0.412. The molecule has 0 unspecified atom stereocenters. The first-order chi connectivity index (χ1) is 11.7. The summed E-state index contributed by atoms with van der Waals surface area (Å²) in [6, 6.07) is 9.08. The van der Waals surface area contributed by atoms with Crippen molar-refractivity contribution in [2.24, 2.45) is 0 Å². The van der Waals surface area contributed by atoms with E-state index in [1.54, 1.807) is 24.3 Å². The summed E-state index contributed by atoms with van der Waals surface area (Å²) in [7, 11) is 0. The molecule has 2 aromatic rings. The van der Waals surface area contributed by atoms with Gasteiger partial charge < -0.3 is 20.4 Å². The first-order valence-electron chi connectivity index (χ1n) is 8.04. The Balaban J connectivity index is 1.63. The van der Waals surface area contributed by atoms with E-state index in [0.717, 1.165) is 30.8 Å². The second-order valence-corrected chi connectivity index (χ2v) is 6.32. The summed E-state index contributed by atoms with van der Waals surface area (Å²) in [5.41, 5.74) is 0.793. The van der Waals surface area contributed by atoms with Crippen molar-refractivity contribution in [2.45, 2.75) is 25.0 Å². The lowest BCUT2D eigenvalue weighted by atomic mass is 10.1. The average molecular weight is 349 g/mol. The Hall–Kier alpha value is -1.89. The third-order valence-electron chi connectivity index (χ3n) is 4.27. The van der Waals surface area contributed by atoms with Crippen LogP contribution in [0.2, 0.25) is 5.02 Å². The van der Waals surface area contributed by atoms with Gasteiger partial charge in [0.2, 0.25) is 0 Å². The lowest BCUT2D eigenvalue weighted by molar-refractivity contribution is 0.191. The lowest BCUT2D eigenvalue weighted by Gasteiger charge is -2.24. The molecule has 0 radical (unpaired) electrons. The number of aromatic nitrogens is 2. The minimum absolute atomic E-state index is 0.118. The lowest BCUT2D eigenvalue weighted by Crippen LogP contribution is -2.32. The molecule has 1 aliphatic heterocycles. The molecule has 1 fully saturated rings. The highest BCUT2D eigenvalue weighted by Gasteiger charge is 2.25. The Bertz CT molecular complexity index is 668. The fourth-order valence-electron chi connectivity index (χ4n) is 2.93. The summed E-state index contributed by atoms with van der Waals surface area (Å²) < 4.78 is 0. The van der Waals surface area contributed by atoms with E-state index < -0.39 is 6.10 Å². The average Bonchev–Trinajstić information content (AvgIpc) is 3.09. The van der Waals surface area contributed by atoms with Crippen molar-refractivity contribution in [3.05, 3.63) is 47.2 Å². The maximum atomic E-state index is 10.2. The molecule has 3 rings (SSSR count). The third-order valence-corrected chi connectivity index (χ3v) is 4.52. The summed E-state index contributed by atoms with van der Waals surface area (Å²) in [6.45, 7) is 1.35. The van der Waals surface area contributed by atoms with E-state index in [4.69, 9.17) is 11.6 Å². The second kappa shape index (κ2) is 7.79. The quantitative estimate of drug-likeness (QED) is 0.742. The highest BCUT2D eigenvalue weighted by molar-refractivity contribution is 6.30. The number of anilines is 2. The van der Waals surface area contributed by atoms with Crippen LogP contribution in [-0.4, -0.2) is 45.9 Å². The molecular weight excluding hydrogens is 328 g/mol. The number of nitrogens with one attached hydrogen (secondary N) is 1. The molecule has 24 heavy (non-hydrogen) atoms. The van der Waals surface area contributed by atoms with E-state index in [0.29, 0.717) is 17.4 Å². The first kappa shape index (κ1) is 17.0. The van der Waals surface area contributed by atoms with Crippen molar-refractivity contribution in [3.63, 3.8) is 0 Å². The highest BCUT2D eigenvalue weighted by atomic mass is 35.5. The summed E-state index contributed by atoms with van der Waals surface area (Å²) in [4.78, 5) is 10.6. The molecular formula is C17H21ClN4O2. The van der Waals surface area contributed by atoms with Crippen LogP contribution in [0.15, 0.2) is 36.7 Å². The minimum Gasteiger partial charge on any atom is -0.394 e. The molecule has 128 valence electrons.